The molecule has 0 unspecified atom stereocenters. The molecule has 0 aromatic carbocycles. The standard InChI is InChI=1S/C14H11ClF3N5O/c15-10-4-3-9(12(23-10)21-7-1-2-7)22-13(24)8-5-19-6-20-11(8)14(16,17)18/h3-7H,1-2H2,(H,21,23)(H,22,24). The zero-order valence-electron chi connectivity index (χ0n) is 12.1. The van der Waals surface area contributed by atoms with Crippen LogP contribution in [-0.4, -0.2) is 26.9 Å². The highest BCUT2D eigenvalue weighted by molar-refractivity contribution is 6.29. The second-order valence-corrected chi connectivity index (χ2v) is 5.57. The summed E-state index contributed by atoms with van der Waals surface area (Å²) in [6.07, 6.45) is -1.30. The number of pyridine rings is 1. The lowest BCUT2D eigenvalue weighted by molar-refractivity contribution is -0.141. The smallest absolute Gasteiger partial charge is 0.366 e. The lowest BCUT2D eigenvalue weighted by atomic mass is 10.2. The van der Waals surface area contributed by atoms with Crippen molar-refractivity contribution in [1.82, 2.24) is 15.0 Å². The van der Waals surface area contributed by atoms with E-state index >= 15 is 0 Å². The van der Waals surface area contributed by atoms with Crippen LogP contribution in [0.15, 0.2) is 24.7 Å². The number of nitrogens with zero attached hydrogens (tertiary/aromatic N) is 3. The Labute approximate surface area is 139 Å². The van der Waals surface area contributed by atoms with Gasteiger partial charge in [-0.3, -0.25) is 4.79 Å². The summed E-state index contributed by atoms with van der Waals surface area (Å²) in [6.45, 7) is 0. The minimum atomic E-state index is -4.76. The van der Waals surface area contributed by atoms with E-state index in [1.165, 1.54) is 12.1 Å². The lowest BCUT2D eigenvalue weighted by Gasteiger charge is -2.14. The van der Waals surface area contributed by atoms with E-state index in [2.05, 4.69) is 25.6 Å². The molecule has 1 amide bonds. The van der Waals surface area contributed by atoms with E-state index in [4.69, 9.17) is 11.6 Å². The molecule has 2 N–H and O–H groups in total. The van der Waals surface area contributed by atoms with Crippen molar-refractivity contribution < 1.29 is 18.0 Å². The predicted molar refractivity (Wildman–Crippen MR) is 80.9 cm³/mol. The summed E-state index contributed by atoms with van der Waals surface area (Å²) in [7, 11) is 0. The van der Waals surface area contributed by atoms with Gasteiger partial charge in [-0.1, -0.05) is 11.6 Å². The van der Waals surface area contributed by atoms with E-state index in [1.807, 2.05) is 0 Å². The van der Waals surface area contributed by atoms with Crippen LogP contribution in [0, 0.1) is 0 Å². The van der Waals surface area contributed by atoms with Gasteiger partial charge in [0.05, 0.1) is 11.3 Å². The molecule has 2 heterocycles. The van der Waals surface area contributed by atoms with Crippen molar-refractivity contribution in [3.63, 3.8) is 0 Å². The third-order valence-electron chi connectivity index (χ3n) is 3.25. The van der Waals surface area contributed by atoms with Crippen LogP contribution in [0.25, 0.3) is 0 Å². The molecule has 0 bridgehead atoms. The van der Waals surface area contributed by atoms with Crippen LogP contribution < -0.4 is 10.6 Å². The first-order valence-corrected chi connectivity index (χ1v) is 7.34. The largest absolute Gasteiger partial charge is 0.434 e. The Balaban J connectivity index is 1.88. The van der Waals surface area contributed by atoms with Crippen molar-refractivity contribution in [2.24, 2.45) is 0 Å². The van der Waals surface area contributed by atoms with Gasteiger partial charge in [-0.2, -0.15) is 13.2 Å². The highest BCUT2D eigenvalue weighted by atomic mass is 35.5. The van der Waals surface area contributed by atoms with Gasteiger partial charge < -0.3 is 10.6 Å². The van der Waals surface area contributed by atoms with Crippen LogP contribution in [0.1, 0.15) is 28.9 Å². The van der Waals surface area contributed by atoms with Gasteiger partial charge >= 0.3 is 6.18 Å². The molecule has 0 atom stereocenters. The molecular weight excluding hydrogens is 347 g/mol. The van der Waals surface area contributed by atoms with Gasteiger partial charge in [0.25, 0.3) is 5.91 Å². The molecule has 0 radical (unpaired) electrons. The van der Waals surface area contributed by atoms with Crippen LogP contribution >= 0.6 is 11.6 Å². The molecule has 0 spiro atoms. The summed E-state index contributed by atoms with van der Waals surface area (Å²) in [6, 6.07) is 3.12. The Hall–Kier alpha value is -2.42. The number of alkyl halides is 3. The van der Waals surface area contributed by atoms with Crippen LogP contribution in [-0.2, 0) is 6.18 Å². The number of carbonyl (C=O) groups is 1. The fourth-order valence-electron chi connectivity index (χ4n) is 1.98. The zero-order valence-corrected chi connectivity index (χ0v) is 12.8. The molecule has 1 fully saturated rings. The monoisotopic (exact) mass is 357 g/mol. The average molecular weight is 358 g/mol. The zero-order chi connectivity index (χ0) is 17.3. The topological polar surface area (TPSA) is 79.8 Å². The maximum Gasteiger partial charge on any atom is 0.434 e. The molecule has 0 aliphatic heterocycles. The van der Waals surface area contributed by atoms with Gasteiger partial charge in [-0.15, -0.1) is 0 Å². The normalized spacial score (nSPS) is 14.3. The molecule has 1 saturated carbocycles. The molecule has 3 rings (SSSR count). The van der Waals surface area contributed by atoms with Crippen LogP contribution in [0.2, 0.25) is 5.15 Å². The van der Waals surface area contributed by atoms with E-state index < -0.39 is 23.3 Å². The molecule has 24 heavy (non-hydrogen) atoms. The Kier molecular flexibility index (Phi) is 4.27. The summed E-state index contributed by atoms with van der Waals surface area (Å²) in [5.74, 6) is -0.672. The average Bonchev–Trinajstić information content (AvgIpc) is 3.33. The van der Waals surface area contributed by atoms with E-state index in [9.17, 15) is 18.0 Å². The lowest BCUT2D eigenvalue weighted by Crippen LogP contribution is -2.21. The minimum absolute atomic E-state index is 0.204. The van der Waals surface area contributed by atoms with Crippen LogP contribution in [0.4, 0.5) is 24.7 Å². The molecular formula is C14H11ClF3N5O. The first-order chi connectivity index (χ1) is 11.3. The van der Waals surface area contributed by atoms with Crippen molar-refractivity contribution >= 4 is 29.0 Å². The molecule has 2 aromatic heterocycles. The number of hydrogen-bond donors (Lipinski definition) is 2. The third-order valence-corrected chi connectivity index (χ3v) is 3.46. The molecule has 1 aliphatic carbocycles. The summed E-state index contributed by atoms with van der Waals surface area (Å²) in [4.78, 5) is 22.9. The summed E-state index contributed by atoms with van der Waals surface area (Å²) in [5, 5.41) is 5.66. The number of nitrogens with one attached hydrogen (secondary N) is 2. The van der Waals surface area contributed by atoms with Gasteiger partial charge in [-0.05, 0) is 25.0 Å². The number of hydrogen-bond acceptors (Lipinski definition) is 5. The van der Waals surface area contributed by atoms with Gasteiger partial charge in [-0.25, -0.2) is 15.0 Å². The van der Waals surface area contributed by atoms with Gasteiger partial charge in [0, 0.05) is 12.2 Å². The van der Waals surface area contributed by atoms with E-state index in [-0.39, 0.29) is 16.9 Å². The number of aromatic nitrogens is 3. The Morgan fingerprint density at radius 2 is 2.04 bits per heavy atom. The summed E-state index contributed by atoms with van der Waals surface area (Å²) < 4.78 is 38.8. The molecule has 2 aromatic rings. The fourth-order valence-corrected chi connectivity index (χ4v) is 2.13. The van der Waals surface area contributed by atoms with Crippen LogP contribution in [0.5, 0.6) is 0 Å². The molecule has 10 heteroatoms. The number of anilines is 2. The van der Waals surface area contributed by atoms with Crippen molar-refractivity contribution in [2.45, 2.75) is 25.1 Å². The summed E-state index contributed by atoms with van der Waals surface area (Å²) >= 11 is 5.83. The second kappa shape index (κ2) is 6.23. The number of carbonyl (C=O) groups excluding carboxylic acids is 1. The van der Waals surface area contributed by atoms with Crippen LogP contribution in [0.3, 0.4) is 0 Å². The fraction of sp³-hybridized carbons (Fsp3) is 0.286. The minimum Gasteiger partial charge on any atom is -0.366 e. The van der Waals surface area contributed by atoms with Crippen molar-refractivity contribution in [3.8, 4) is 0 Å². The third kappa shape index (κ3) is 3.73. The number of halogens is 4. The summed E-state index contributed by atoms with van der Waals surface area (Å²) in [5.41, 5.74) is -1.74. The number of rotatable bonds is 4. The maximum absolute atomic E-state index is 12.9. The first kappa shape index (κ1) is 16.4. The van der Waals surface area contributed by atoms with Crippen molar-refractivity contribution in [3.05, 3.63) is 41.1 Å². The first-order valence-electron chi connectivity index (χ1n) is 6.96. The van der Waals surface area contributed by atoms with Gasteiger partial charge in [0.1, 0.15) is 11.5 Å². The predicted octanol–water partition coefficient (Wildman–Crippen LogP) is 3.37. The molecule has 1 aliphatic rings. The molecule has 126 valence electrons. The van der Waals surface area contributed by atoms with Gasteiger partial charge in [0.15, 0.2) is 11.5 Å². The van der Waals surface area contributed by atoms with E-state index in [0.717, 1.165) is 25.4 Å². The Morgan fingerprint density at radius 1 is 1.29 bits per heavy atom. The molecule has 6 nitrogen and oxygen atoms in total. The Bertz CT molecular complexity index is 779. The maximum atomic E-state index is 12.9. The SMILES string of the molecule is O=C(Nc1ccc(Cl)nc1NC1CC1)c1cncnc1C(F)(F)F. The van der Waals surface area contributed by atoms with Crippen molar-refractivity contribution in [2.75, 3.05) is 10.6 Å². The second-order valence-electron chi connectivity index (χ2n) is 5.19. The highest BCUT2D eigenvalue weighted by Gasteiger charge is 2.37. The quantitative estimate of drug-likeness (QED) is 0.820. The van der Waals surface area contributed by atoms with Gasteiger partial charge in [0.2, 0.25) is 0 Å². The highest BCUT2D eigenvalue weighted by Crippen LogP contribution is 2.32. The molecule has 0 saturated heterocycles. The van der Waals surface area contributed by atoms with E-state index in [0.29, 0.717) is 5.82 Å². The Morgan fingerprint density at radius 3 is 2.71 bits per heavy atom. The van der Waals surface area contributed by atoms with E-state index in [1.54, 1.807) is 0 Å². The van der Waals surface area contributed by atoms with Crippen molar-refractivity contribution in [1.29, 1.82) is 0 Å². The number of amides is 1.